The van der Waals surface area contributed by atoms with Gasteiger partial charge in [0.15, 0.2) is 0 Å². The summed E-state index contributed by atoms with van der Waals surface area (Å²) in [7, 11) is 0. The molecule has 8 heteroatoms. The first kappa shape index (κ1) is 20.8. The molecule has 5 N–H and O–H groups in total. The maximum absolute atomic E-state index is 11.6. The number of amides is 2. The third-order valence-electron chi connectivity index (χ3n) is 2.39. The average molecular weight is 314 g/mol. The normalized spacial score (nSPS) is 14.8. The van der Waals surface area contributed by atoms with Crippen molar-refractivity contribution in [1.29, 1.82) is 0 Å². The molecule has 0 aliphatic heterocycles. The molecule has 0 saturated carbocycles. The molecule has 19 heavy (non-hydrogen) atoms. The van der Waals surface area contributed by atoms with Gasteiger partial charge in [0.1, 0.15) is 6.10 Å². The Hall–Kier alpha value is -0.500. The molecule has 0 heterocycles. The Balaban J connectivity index is 0. The molecule has 0 bridgehead atoms. The van der Waals surface area contributed by atoms with Crippen LogP contribution in [0.3, 0.4) is 0 Å². The number of carbonyl (C=O) groups is 2. The van der Waals surface area contributed by atoms with E-state index in [0.29, 0.717) is 12.8 Å². The number of halogens is 1. The third kappa shape index (κ3) is 9.10. The van der Waals surface area contributed by atoms with Crippen molar-refractivity contribution in [3.05, 3.63) is 0 Å². The first-order valence-electron chi connectivity index (χ1n) is 5.94. The van der Waals surface area contributed by atoms with E-state index in [2.05, 4.69) is 10.6 Å². The Bertz CT molecular complexity index is 282. The number of nitrogens with one attached hydrogen (secondary N) is 2. The standard InChI is InChI=1S/C11H23N3O3S.ClH/c1-4-9(15)13-7(2)14-11(17)10(16)8(12)5-6-18-3;/h7-8,10,16H,4-6,12H2,1-3H3,(H,13,15)(H,14,17);1H/t7-,8-,10?;/m0./s1. The van der Waals surface area contributed by atoms with Crippen LogP contribution >= 0.6 is 24.2 Å². The fourth-order valence-corrected chi connectivity index (χ4v) is 1.79. The molecule has 0 rings (SSSR count). The van der Waals surface area contributed by atoms with E-state index >= 15 is 0 Å². The number of carbonyl (C=O) groups excluding carboxylic acids is 2. The number of hydrogen-bond acceptors (Lipinski definition) is 5. The molecule has 0 aromatic heterocycles. The summed E-state index contributed by atoms with van der Waals surface area (Å²) in [5.74, 6) is 0.0599. The smallest absolute Gasteiger partial charge is 0.252 e. The number of aliphatic hydroxyl groups excluding tert-OH is 1. The number of nitrogens with two attached hydrogens (primary N) is 1. The molecule has 114 valence electrons. The van der Waals surface area contributed by atoms with Gasteiger partial charge in [0.25, 0.3) is 5.91 Å². The maximum Gasteiger partial charge on any atom is 0.252 e. The fourth-order valence-electron chi connectivity index (χ4n) is 1.28. The van der Waals surface area contributed by atoms with Crippen molar-refractivity contribution in [1.82, 2.24) is 10.6 Å². The monoisotopic (exact) mass is 313 g/mol. The minimum Gasteiger partial charge on any atom is -0.382 e. The Kier molecular flexibility index (Phi) is 12.4. The van der Waals surface area contributed by atoms with Crippen LogP contribution in [-0.2, 0) is 9.59 Å². The van der Waals surface area contributed by atoms with Crippen molar-refractivity contribution in [2.45, 2.75) is 45.0 Å². The second-order valence-electron chi connectivity index (χ2n) is 4.04. The summed E-state index contributed by atoms with van der Waals surface area (Å²) >= 11 is 1.60. The summed E-state index contributed by atoms with van der Waals surface area (Å²) in [5, 5.41) is 14.8. The van der Waals surface area contributed by atoms with Crippen molar-refractivity contribution in [2.75, 3.05) is 12.0 Å². The lowest BCUT2D eigenvalue weighted by Gasteiger charge is -2.21. The molecular weight excluding hydrogens is 290 g/mol. The predicted molar refractivity (Wildman–Crippen MR) is 80.3 cm³/mol. The second-order valence-corrected chi connectivity index (χ2v) is 5.03. The van der Waals surface area contributed by atoms with E-state index in [1.165, 1.54) is 0 Å². The first-order valence-corrected chi connectivity index (χ1v) is 7.34. The summed E-state index contributed by atoms with van der Waals surface area (Å²) in [6, 6.07) is -0.591. The number of aliphatic hydroxyl groups is 1. The lowest BCUT2D eigenvalue weighted by molar-refractivity contribution is -0.131. The van der Waals surface area contributed by atoms with Gasteiger partial charge in [0.05, 0.1) is 6.17 Å². The molecule has 0 aliphatic rings. The van der Waals surface area contributed by atoms with Crippen molar-refractivity contribution in [2.24, 2.45) is 5.73 Å². The van der Waals surface area contributed by atoms with Gasteiger partial charge in [0.2, 0.25) is 5.91 Å². The van der Waals surface area contributed by atoms with E-state index in [1.807, 2.05) is 6.26 Å². The SMILES string of the molecule is CCC(=O)N[C@H](C)NC(=O)C(O)[C@@H](N)CCSC.Cl. The van der Waals surface area contributed by atoms with E-state index in [-0.39, 0.29) is 18.3 Å². The van der Waals surface area contributed by atoms with Crippen LogP contribution < -0.4 is 16.4 Å². The van der Waals surface area contributed by atoms with Crippen LogP contribution in [0.15, 0.2) is 0 Å². The van der Waals surface area contributed by atoms with Gasteiger partial charge in [-0.3, -0.25) is 9.59 Å². The number of hydrogen-bond donors (Lipinski definition) is 4. The Labute approximate surface area is 124 Å². The highest BCUT2D eigenvalue weighted by atomic mass is 35.5. The molecule has 0 fully saturated rings. The Morgan fingerprint density at radius 1 is 1.37 bits per heavy atom. The van der Waals surface area contributed by atoms with Crippen LogP contribution in [-0.4, -0.2) is 47.2 Å². The highest BCUT2D eigenvalue weighted by molar-refractivity contribution is 7.98. The lowest BCUT2D eigenvalue weighted by Crippen LogP contribution is -2.53. The van der Waals surface area contributed by atoms with Gasteiger partial charge in [-0.05, 0) is 25.4 Å². The van der Waals surface area contributed by atoms with Crippen LogP contribution in [0.25, 0.3) is 0 Å². The average Bonchev–Trinajstić information content (AvgIpc) is 2.34. The van der Waals surface area contributed by atoms with Crippen molar-refractivity contribution >= 4 is 36.0 Å². The zero-order valence-corrected chi connectivity index (χ0v) is 13.1. The second kappa shape index (κ2) is 11.3. The van der Waals surface area contributed by atoms with E-state index in [4.69, 9.17) is 5.73 Å². The van der Waals surface area contributed by atoms with Gasteiger partial charge in [-0.25, -0.2) is 0 Å². The van der Waals surface area contributed by atoms with Gasteiger partial charge in [-0.15, -0.1) is 12.4 Å². The summed E-state index contributed by atoms with van der Waals surface area (Å²) in [4.78, 5) is 22.7. The van der Waals surface area contributed by atoms with Crippen molar-refractivity contribution < 1.29 is 14.7 Å². The molecule has 0 saturated heterocycles. The van der Waals surface area contributed by atoms with E-state index in [0.717, 1.165) is 5.75 Å². The lowest BCUT2D eigenvalue weighted by atomic mass is 10.1. The Morgan fingerprint density at radius 2 is 1.95 bits per heavy atom. The van der Waals surface area contributed by atoms with Gasteiger partial charge >= 0.3 is 0 Å². The van der Waals surface area contributed by atoms with E-state index in [1.54, 1.807) is 25.6 Å². The largest absolute Gasteiger partial charge is 0.382 e. The summed E-state index contributed by atoms with van der Waals surface area (Å²) in [5.41, 5.74) is 5.70. The van der Waals surface area contributed by atoms with Gasteiger partial charge in [0, 0.05) is 12.5 Å². The molecule has 0 aliphatic carbocycles. The molecule has 1 unspecified atom stereocenters. The van der Waals surface area contributed by atoms with Crippen LogP contribution in [0.4, 0.5) is 0 Å². The first-order chi connectivity index (χ1) is 8.42. The summed E-state index contributed by atoms with van der Waals surface area (Å²) in [6.45, 7) is 3.35. The quantitative estimate of drug-likeness (QED) is 0.466. The molecule has 6 nitrogen and oxygen atoms in total. The minimum atomic E-state index is -1.25. The maximum atomic E-state index is 11.6. The van der Waals surface area contributed by atoms with Crippen LogP contribution in [0.2, 0.25) is 0 Å². The molecule has 0 radical (unpaired) electrons. The van der Waals surface area contributed by atoms with Gasteiger partial charge < -0.3 is 21.5 Å². The minimum absolute atomic E-state index is 0. The molecule has 0 aromatic rings. The molecule has 0 spiro atoms. The van der Waals surface area contributed by atoms with E-state index < -0.39 is 24.2 Å². The zero-order valence-electron chi connectivity index (χ0n) is 11.5. The highest BCUT2D eigenvalue weighted by Crippen LogP contribution is 2.02. The molecule has 3 atom stereocenters. The molecule has 0 aromatic carbocycles. The van der Waals surface area contributed by atoms with E-state index in [9.17, 15) is 14.7 Å². The topological polar surface area (TPSA) is 104 Å². The van der Waals surface area contributed by atoms with Crippen LogP contribution in [0.5, 0.6) is 0 Å². The van der Waals surface area contributed by atoms with Gasteiger partial charge in [-0.1, -0.05) is 6.92 Å². The van der Waals surface area contributed by atoms with Gasteiger partial charge in [-0.2, -0.15) is 11.8 Å². The summed E-state index contributed by atoms with van der Waals surface area (Å²) in [6.07, 6.45) is 1.06. The van der Waals surface area contributed by atoms with Crippen LogP contribution in [0.1, 0.15) is 26.7 Å². The molecular formula is C11H24ClN3O3S. The predicted octanol–water partition coefficient (Wildman–Crippen LogP) is -0.162. The van der Waals surface area contributed by atoms with Crippen molar-refractivity contribution in [3.8, 4) is 0 Å². The molecule has 2 amide bonds. The Morgan fingerprint density at radius 3 is 2.42 bits per heavy atom. The fraction of sp³-hybridized carbons (Fsp3) is 0.818. The van der Waals surface area contributed by atoms with Crippen LogP contribution in [0, 0.1) is 0 Å². The summed E-state index contributed by atoms with van der Waals surface area (Å²) < 4.78 is 0. The highest BCUT2D eigenvalue weighted by Gasteiger charge is 2.23. The zero-order chi connectivity index (χ0) is 14.1. The number of rotatable bonds is 8. The number of thioether (sulfide) groups is 1. The van der Waals surface area contributed by atoms with Crippen molar-refractivity contribution in [3.63, 3.8) is 0 Å². The third-order valence-corrected chi connectivity index (χ3v) is 3.03.